The molecule has 1 aromatic heterocycles. The van der Waals surface area contributed by atoms with Gasteiger partial charge in [-0.2, -0.15) is 0 Å². The first-order valence-corrected chi connectivity index (χ1v) is 9.47. The summed E-state index contributed by atoms with van der Waals surface area (Å²) < 4.78 is 5.87. The number of halogens is 1. The lowest BCUT2D eigenvalue weighted by molar-refractivity contribution is -0.117. The Bertz CT molecular complexity index is 981. The van der Waals surface area contributed by atoms with Crippen LogP contribution in [0.25, 0.3) is 11.3 Å². The summed E-state index contributed by atoms with van der Waals surface area (Å²) in [5.41, 5.74) is 2.30. The minimum Gasteiger partial charge on any atom is -0.460 e. The monoisotopic (exact) mass is 411 g/mol. The van der Waals surface area contributed by atoms with E-state index in [9.17, 15) is 9.59 Å². The van der Waals surface area contributed by atoms with Crippen LogP contribution in [0.15, 0.2) is 65.1 Å². The molecule has 0 aliphatic rings. The number of rotatable bonds is 7. The van der Waals surface area contributed by atoms with Crippen LogP contribution < -0.4 is 10.6 Å². The Morgan fingerprint density at radius 1 is 0.931 bits per heavy atom. The van der Waals surface area contributed by atoms with Crippen LogP contribution in [0.4, 0.5) is 11.4 Å². The highest BCUT2D eigenvalue weighted by atomic mass is 35.5. The summed E-state index contributed by atoms with van der Waals surface area (Å²) >= 11 is 5.92. The molecule has 2 N–H and O–H groups in total. The van der Waals surface area contributed by atoms with Gasteiger partial charge in [-0.05, 0) is 67.7 Å². The van der Waals surface area contributed by atoms with Crippen LogP contribution in [-0.4, -0.2) is 30.3 Å². The summed E-state index contributed by atoms with van der Waals surface area (Å²) in [5.74, 6) is 1.25. The maximum atomic E-state index is 12.3. The molecule has 6 nitrogen and oxygen atoms in total. The summed E-state index contributed by atoms with van der Waals surface area (Å²) in [6, 6.07) is 18.2. The van der Waals surface area contributed by atoms with E-state index in [1.165, 1.54) is 6.92 Å². The zero-order valence-corrected chi connectivity index (χ0v) is 17.0. The van der Waals surface area contributed by atoms with Gasteiger partial charge in [-0.3, -0.25) is 14.5 Å². The molecule has 0 aliphatic heterocycles. The number of carbonyl (C=O) groups excluding carboxylic acids is 2. The summed E-state index contributed by atoms with van der Waals surface area (Å²) in [7, 11) is 1.85. The van der Waals surface area contributed by atoms with E-state index in [1.807, 2.05) is 48.3 Å². The molecule has 0 fully saturated rings. The molecule has 0 aliphatic carbocycles. The van der Waals surface area contributed by atoms with Gasteiger partial charge in [0.25, 0.3) is 0 Å². The van der Waals surface area contributed by atoms with E-state index in [1.54, 1.807) is 24.3 Å². The first kappa shape index (κ1) is 20.6. The van der Waals surface area contributed by atoms with Crippen LogP contribution in [0.2, 0.25) is 5.02 Å². The Labute approximate surface area is 174 Å². The molecular formula is C22H22ClN3O3. The van der Waals surface area contributed by atoms with Crippen molar-refractivity contribution in [2.75, 3.05) is 24.2 Å². The minimum atomic E-state index is -0.138. The van der Waals surface area contributed by atoms with E-state index >= 15 is 0 Å². The fourth-order valence-corrected chi connectivity index (χ4v) is 2.97. The third-order valence-electron chi connectivity index (χ3n) is 4.12. The summed E-state index contributed by atoms with van der Waals surface area (Å²) in [4.78, 5) is 25.2. The lowest BCUT2D eigenvalue weighted by atomic mass is 10.2. The highest BCUT2D eigenvalue weighted by Crippen LogP contribution is 2.24. The number of benzene rings is 2. The van der Waals surface area contributed by atoms with Crippen LogP contribution in [-0.2, 0) is 16.1 Å². The third kappa shape index (κ3) is 6.20. The standard InChI is InChI=1S/C22H22ClN3O3/c1-15(27)24-18-7-9-19(10-8-18)25-22(28)14-26(2)13-20-11-12-21(29-20)16-3-5-17(23)6-4-16/h3-12H,13-14H2,1-2H3,(H,24,27)(H,25,28). The normalized spacial score (nSPS) is 10.8. The molecule has 0 bridgehead atoms. The molecule has 0 spiro atoms. The molecule has 2 aromatic carbocycles. The average molecular weight is 412 g/mol. The van der Waals surface area contributed by atoms with Crippen molar-refractivity contribution in [2.45, 2.75) is 13.5 Å². The zero-order valence-electron chi connectivity index (χ0n) is 16.2. The van der Waals surface area contributed by atoms with Crippen LogP contribution in [0.3, 0.4) is 0 Å². The van der Waals surface area contributed by atoms with Crippen molar-refractivity contribution in [1.82, 2.24) is 4.90 Å². The molecule has 0 saturated heterocycles. The molecular weight excluding hydrogens is 390 g/mol. The van der Waals surface area contributed by atoms with Gasteiger partial charge in [-0.25, -0.2) is 0 Å². The quantitative estimate of drug-likeness (QED) is 0.594. The molecule has 0 radical (unpaired) electrons. The predicted octanol–water partition coefficient (Wildman–Crippen LogP) is 4.63. The molecule has 1 heterocycles. The van der Waals surface area contributed by atoms with Crippen molar-refractivity contribution < 1.29 is 14.0 Å². The van der Waals surface area contributed by atoms with Gasteiger partial charge >= 0.3 is 0 Å². The van der Waals surface area contributed by atoms with Gasteiger partial charge in [-0.1, -0.05) is 11.6 Å². The number of likely N-dealkylation sites (N-methyl/N-ethyl adjacent to an activating group) is 1. The molecule has 150 valence electrons. The number of nitrogens with zero attached hydrogens (tertiary/aromatic N) is 1. The van der Waals surface area contributed by atoms with Gasteiger partial charge in [0.15, 0.2) is 0 Å². The van der Waals surface area contributed by atoms with Crippen molar-refractivity contribution in [2.24, 2.45) is 0 Å². The van der Waals surface area contributed by atoms with Crippen molar-refractivity contribution in [3.63, 3.8) is 0 Å². The van der Waals surface area contributed by atoms with Gasteiger partial charge in [0.1, 0.15) is 11.5 Å². The molecule has 0 atom stereocenters. The van der Waals surface area contributed by atoms with E-state index in [2.05, 4.69) is 10.6 Å². The van der Waals surface area contributed by atoms with Gasteiger partial charge in [0.05, 0.1) is 13.1 Å². The number of furan rings is 1. The Morgan fingerprint density at radius 2 is 1.55 bits per heavy atom. The van der Waals surface area contributed by atoms with Gasteiger partial charge in [0, 0.05) is 28.9 Å². The molecule has 2 amide bonds. The largest absolute Gasteiger partial charge is 0.460 e. The third-order valence-corrected chi connectivity index (χ3v) is 4.37. The van der Waals surface area contributed by atoms with Gasteiger partial charge < -0.3 is 15.1 Å². The summed E-state index contributed by atoms with van der Waals surface area (Å²) in [6.45, 7) is 2.16. The first-order chi connectivity index (χ1) is 13.9. The fourth-order valence-electron chi connectivity index (χ4n) is 2.84. The highest BCUT2D eigenvalue weighted by molar-refractivity contribution is 6.30. The molecule has 0 unspecified atom stereocenters. The van der Waals surface area contributed by atoms with E-state index < -0.39 is 0 Å². The number of anilines is 2. The fraction of sp³-hybridized carbons (Fsp3) is 0.182. The van der Waals surface area contributed by atoms with E-state index in [0.717, 1.165) is 17.1 Å². The number of amides is 2. The Balaban J connectivity index is 1.51. The smallest absolute Gasteiger partial charge is 0.238 e. The second-order valence-electron chi connectivity index (χ2n) is 6.75. The number of carbonyl (C=O) groups is 2. The summed E-state index contributed by atoms with van der Waals surface area (Å²) in [6.07, 6.45) is 0. The topological polar surface area (TPSA) is 74.6 Å². The zero-order chi connectivity index (χ0) is 20.8. The number of hydrogen-bond acceptors (Lipinski definition) is 4. The Morgan fingerprint density at radius 3 is 2.17 bits per heavy atom. The lowest BCUT2D eigenvalue weighted by Gasteiger charge is -2.15. The van der Waals surface area contributed by atoms with Crippen molar-refractivity contribution in [3.05, 3.63) is 71.4 Å². The number of nitrogens with one attached hydrogen (secondary N) is 2. The molecule has 3 rings (SSSR count). The average Bonchev–Trinajstić information content (AvgIpc) is 3.11. The maximum absolute atomic E-state index is 12.3. The van der Waals surface area contributed by atoms with Crippen LogP contribution in [0.5, 0.6) is 0 Å². The Kier molecular flexibility index (Phi) is 6.69. The van der Waals surface area contributed by atoms with E-state index in [4.69, 9.17) is 16.0 Å². The van der Waals surface area contributed by atoms with Crippen LogP contribution in [0.1, 0.15) is 12.7 Å². The SMILES string of the molecule is CC(=O)Nc1ccc(NC(=O)CN(C)Cc2ccc(-c3ccc(Cl)cc3)o2)cc1. The highest BCUT2D eigenvalue weighted by Gasteiger charge is 2.11. The van der Waals surface area contributed by atoms with Crippen molar-refractivity contribution in [1.29, 1.82) is 0 Å². The van der Waals surface area contributed by atoms with E-state index in [-0.39, 0.29) is 18.4 Å². The van der Waals surface area contributed by atoms with Crippen LogP contribution >= 0.6 is 11.6 Å². The van der Waals surface area contributed by atoms with E-state index in [0.29, 0.717) is 22.9 Å². The second kappa shape index (κ2) is 9.41. The first-order valence-electron chi connectivity index (χ1n) is 9.10. The Hall–Kier alpha value is -3.09. The van der Waals surface area contributed by atoms with Crippen molar-refractivity contribution >= 4 is 34.8 Å². The van der Waals surface area contributed by atoms with Gasteiger partial charge in [0.2, 0.25) is 11.8 Å². The molecule has 3 aromatic rings. The minimum absolute atomic E-state index is 0.135. The van der Waals surface area contributed by atoms with Crippen LogP contribution in [0, 0.1) is 0 Å². The number of hydrogen-bond donors (Lipinski definition) is 2. The molecule has 29 heavy (non-hydrogen) atoms. The van der Waals surface area contributed by atoms with Crippen molar-refractivity contribution in [3.8, 4) is 11.3 Å². The van der Waals surface area contributed by atoms with Gasteiger partial charge in [-0.15, -0.1) is 0 Å². The molecule has 7 heteroatoms. The maximum Gasteiger partial charge on any atom is 0.238 e. The summed E-state index contributed by atoms with van der Waals surface area (Å²) in [5, 5.41) is 6.20. The lowest BCUT2D eigenvalue weighted by Crippen LogP contribution is -2.29. The predicted molar refractivity (Wildman–Crippen MR) is 115 cm³/mol. The second-order valence-corrected chi connectivity index (χ2v) is 7.19. The molecule has 0 saturated carbocycles.